The predicted molar refractivity (Wildman–Crippen MR) is 89.6 cm³/mol. The van der Waals surface area contributed by atoms with Gasteiger partial charge in [-0.05, 0) is 43.0 Å². The molecule has 0 heterocycles. The van der Waals surface area contributed by atoms with Crippen LogP contribution in [-0.4, -0.2) is 25.3 Å². The van der Waals surface area contributed by atoms with Gasteiger partial charge >= 0.3 is 14.0 Å². The van der Waals surface area contributed by atoms with E-state index < -0.39 is 19.9 Å². The van der Waals surface area contributed by atoms with E-state index >= 15 is 0 Å². The third-order valence-corrected chi connectivity index (χ3v) is 4.40. The van der Waals surface area contributed by atoms with Gasteiger partial charge in [0.2, 0.25) is 0 Å². The Morgan fingerprint density at radius 2 is 1.78 bits per heavy atom. The fourth-order valence-electron chi connectivity index (χ4n) is 2.20. The summed E-state index contributed by atoms with van der Waals surface area (Å²) in [5.41, 5.74) is 0.775. The Morgan fingerprint density at radius 1 is 1.22 bits per heavy atom. The normalized spacial score (nSPS) is 13.4. The summed E-state index contributed by atoms with van der Waals surface area (Å²) in [4.78, 5) is 0. The summed E-state index contributed by atoms with van der Waals surface area (Å²) >= 11 is 5.93. The molecule has 0 radical (unpaired) electrons. The molecule has 2 atom stereocenters. The third kappa shape index (κ3) is 5.53. The maximum Gasteiger partial charge on any atom is 0.513 e. The van der Waals surface area contributed by atoms with E-state index in [1.807, 2.05) is 0 Å². The van der Waals surface area contributed by atoms with Crippen molar-refractivity contribution < 1.29 is 18.6 Å². The second kappa shape index (κ2) is 9.97. The molecule has 0 aliphatic heterocycles. The van der Waals surface area contributed by atoms with Crippen LogP contribution in [0.25, 0.3) is 0 Å². The van der Waals surface area contributed by atoms with Gasteiger partial charge < -0.3 is 9.47 Å². The highest BCUT2D eigenvalue weighted by Crippen LogP contribution is 2.43. The molecule has 0 saturated heterocycles. The van der Waals surface area contributed by atoms with E-state index in [0.717, 1.165) is 5.56 Å². The Balaban J connectivity index is 3.32. The first-order valence-electron chi connectivity index (χ1n) is 7.57. The summed E-state index contributed by atoms with van der Waals surface area (Å²) in [6.45, 7) is 5.93. The number of nitriles is 1. The molecule has 1 aromatic rings. The van der Waals surface area contributed by atoms with Crippen molar-refractivity contribution >= 4 is 19.6 Å². The van der Waals surface area contributed by atoms with Crippen LogP contribution in [0.1, 0.15) is 38.7 Å². The molecular formula is C16H22ClNO4P+. The van der Waals surface area contributed by atoms with E-state index in [1.54, 1.807) is 45.0 Å². The van der Waals surface area contributed by atoms with Crippen LogP contribution in [0.15, 0.2) is 24.3 Å². The van der Waals surface area contributed by atoms with Gasteiger partial charge in [0.1, 0.15) is 0 Å². The van der Waals surface area contributed by atoms with Crippen molar-refractivity contribution in [3.05, 3.63) is 34.9 Å². The SMILES string of the molecule is CCOC(OCC)(O[P+](=O)CC)C(CC#N)c1ccc(Cl)cc1. The molecule has 126 valence electrons. The molecule has 23 heavy (non-hydrogen) atoms. The van der Waals surface area contributed by atoms with Crippen molar-refractivity contribution in [1.29, 1.82) is 5.26 Å². The average Bonchev–Trinajstić information content (AvgIpc) is 2.54. The second-order valence-corrected chi connectivity index (χ2v) is 6.59. The van der Waals surface area contributed by atoms with Crippen LogP contribution >= 0.6 is 19.6 Å². The van der Waals surface area contributed by atoms with Gasteiger partial charge in [0.15, 0.2) is 6.16 Å². The van der Waals surface area contributed by atoms with Crippen molar-refractivity contribution in [3.63, 3.8) is 0 Å². The highest BCUT2D eigenvalue weighted by molar-refractivity contribution is 7.39. The molecule has 0 amide bonds. The summed E-state index contributed by atoms with van der Waals surface area (Å²) in [6.07, 6.45) is 0.422. The van der Waals surface area contributed by atoms with Gasteiger partial charge in [-0.1, -0.05) is 28.3 Å². The van der Waals surface area contributed by atoms with Crippen LogP contribution in [0.4, 0.5) is 0 Å². The molecule has 5 nitrogen and oxygen atoms in total. The molecule has 0 fully saturated rings. The minimum atomic E-state index is -1.96. The van der Waals surface area contributed by atoms with Gasteiger partial charge in [0.25, 0.3) is 0 Å². The number of nitrogens with zero attached hydrogens (tertiary/aromatic N) is 1. The minimum Gasteiger partial charge on any atom is -0.324 e. The first kappa shape index (κ1) is 20.0. The highest BCUT2D eigenvalue weighted by atomic mass is 35.5. The number of hydrogen-bond donors (Lipinski definition) is 0. The molecule has 0 bridgehead atoms. The fourth-order valence-corrected chi connectivity index (χ4v) is 2.97. The Bertz CT molecular complexity index is 538. The molecule has 2 unspecified atom stereocenters. The minimum absolute atomic E-state index is 0.0918. The van der Waals surface area contributed by atoms with E-state index in [4.69, 9.17) is 25.6 Å². The summed E-state index contributed by atoms with van der Waals surface area (Å²) in [7, 11) is -1.96. The van der Waals surface area contributed by atoms with Crippen molar-refractivity contribution in [2.24, 2.45) is 0 Å². The van der Waals surface area contributed by atoms with Gasteiger partial charge in [0, 0.05) is 24.7 Å². The van der Waals surface area contributed by atoms with Gasteiger partial charge in [-0.25, -0.2) is 0 Å². The zero-order valence-electron chi connectivity index (χ0n) is 13.6. The van der Waals surface area contributed by atoms with Crippen LogP contribution in [0.2, 0.25) is 5.02 Å². The van der Waals surface area contributed by atoms with Gasteiger partial charge in [0.05, 0.1) is 12.0 Å². The lowest BCUT2D eigenvalue weighted by atomic mass is 9.93. The summed E-state index contributed by atoms with van der Waals surface area (Å²) in [5, 5.41) is 9.81. The Hall–Kier alpha value is -1.02. The van der Waals surface area contributed by atoms with Gasteiger partial charge in [-0.2, -0.15) is 5.26 Å². The number of rotatable bonds is 10. The van der Waals surface area contributed by atoms with E-state index in [2.05, 4.69) is 6.07 Å². The predicted octanol–water partition coefficient (Wildman–Crippen LogP) is 4.84. The van der Waals surface area contributed by atoms with Crippen LogP contribution in [0.3, 0.4) is 0 Å². The molecule has 1 aromatic carbocycles. The van der Waals surface area contributed by atoms with E-state index in [9.17, 15) is 9.83 Å². The van der Waals surface area contributed by atoms with Crippen LogP contribution < -0.4 is 0 Å². The van der Waals surface area contributed by atoms with E-state index in [0.29, 0.717) is 24.4 Å². The number of halogens is 1. The van der Waals surface area contributed by atoms with Gasteiger partial charge in [-0.15, -0.1) is 0 Å². The first-order chi connectivity index (χ1) is 11.0. The number of ether oxygens (including phenoxy) is 2. The lowest BCUT2D eigenvalue weighted by Crippen LogP contribution is -2.44. The van der Waals surface area contributed by atoms with Crippen molar-refractivity contribution in [2.45, 2.75) is 39.1 Å². The quantitative estimate of drug-likeness (QED) is 0.442. The van der Waals surface area contributed by atoms with Gasteiger partial charge in [-0.3, -0.25) is 0 Å². The summed E-state index contributed by atoms with van der Waals surface area (Å²) < 4.78 is 29.1. The summed E-state index contributed by atoms with van der Waals surface area (Å²) in [5.74, 6) is -2.11. The molecule has 1 rings (SSSR count). The molecule has 0 aliphatic carbocycles. The van der Waals surface area contributed by atoms with Crippen LogP contribution in [0, 0.1) is 11.3 Å². The molecule has 0 N–H and O–H groups in total. The zero-order chi connectivity index (χ0) is 17.3. The third-order valence-electron chi connectivity index (χ3n) is 3.17. The van der Waals surface area contributed by atoms with Crippen molar-refractivity contribution in [3.8, 4) is 6.07 Å². The molecule has 7 heteroatoms. The van der Waals surface area contributed by atoms with E-state index in [1.165, 1.54) is 0 Å². The Kier molecular flexibility index (Phi) is 8.68. The van der Waals surface area contributed by atoms with Crippen LogP contribution in [0.5, 0.6) is 0 Å². The number of hydrogen-bond acceptors (Lipinski definition) is 5. The van der Waals surface area contributed by atoms with Crippen molar-refractivity contribution in [2.75, 3.05) is 19.4 Å². The molecule has 0 saturated carbocycles. The largest absolute Gasteiger partial charge is 0.513 e. The Morgan fingerprint density at radius 3 is 2.22 bits per heavy atom. The fraction of sp³-hybridized carbons (Fsp3) is 0.562. The molecule has 0 aromatic heterocycles. The summed E-state index contributed by atoms with van der Waals surface area (Å²) in [6, 6.07) is 9.16. The first-order valence-corrected chi connectivity index (χ1v) is 9.31. The monoisotopic (exact) mass is 358 g/mol. The lowest BCUT2D eigenvalue weighted by Gasteiger charge is -2.34. The topological polar surface area (TPSA) is 68.6 Å². The second-order valence-electron chi connectivity index (χ2n) is 4.68. The Labute approximate surface area is 143 Å². The smallest absolute Gasteiger partial charge is 0.324 e. The molecule has 0 spiro atoms. The molecule has 0 aliphatic rings. The lowest BCUT2D eigenvalue weighted by molar-refractivity contribution is -0.351. The standard InChI is InChI=1S/C16H22ClNO4P/c1-4-20-16(21-5-2,22-23(19)6-3)15(11-12-18)13-7-9-14(17)10-8-13/h7-10,15H,4-6,11H2,1-3H3/q+1. The number of benzene rings is 1. The highest BCUT2D eigenvalue weighted by Gasteiger charge is 2.50. The molecular weight excluding hydrogens is 337 g/mol. The van der Waals surface area contributed by atoms with Crippen LogP contribution in [-0.2, 0) is 18.6 Å². The zero-order valence-corrected chi connectivity index (χ0v) is 15.3. The maximum atomic E-state index is 12.0. The van der Waals surface area contributed by atoms with Crippen molar-refractivity contribution in [1.82, 2.24) is 0 Å². The average molecular weight is 359 g/mol. The maximum absolute atomic E-state index is 12.0. The van der Waals surface area contributed by atoms with E-state index in [-0.39, 0.29) is 6.42 Å².